The molecule has 0 bridgehead atoms. The Morgan fingerprint density at radius 3 is 2.18 bits per heavy atom. The van der Waals surface area contributed by atoms with E-state index in [2.05, 4.69) is 5.32 Å². The number of anilines is 1. The summed E-state index contributed by atoms with van der Waals surface area (Å²) in [6.45, 7) is 6.86. The Balaban J connectivity index is 2.09. The standard InChI is InChI=1S/C29H33Cl2N3O4S/c1-5-26(29(36)32-20(2)3)33(18-22-9-7-6-8-10-22)28(35)19-34(27-17-23(30)13-16-25(27)31)39(37,38)24-14-11-21(4)12-15-24/h6-17,20,26H,5,18-19H2,1-4H3,(H,32,36)/t26-/m1/s1. The molecule has 0 fully saturated rings. The minimum absolute atomic E-state index is 0.00357. The lowest BCUT2D eigenvalue weighted by atomic mass is 10.1. The monoisotopic (exact) mass is 589 g/mol. The third-order valence-electron chi connectivity index (χ3n) is 6.08. The summed E-state index contributed by atoms with van der Waals surface area (Å²) < 4.78 is 28.8. The Kier molecular flexibility index (Phi) is 10.4. The minimum atomic E-state index is -4.24. The summed E-state index contributed by atoms with van der Waals surface area (Å²) in [6, 6.07) is 19.0. The van der Waals surface area contributed by atoms with Gasteiger partial charge in [-0.15, -0.1) is 0 Å². The molecule has 10 heteroatoms. The van der Waals surface area contributed by atoms with Gasteiger partial charge in [0, 0.05) is 17.6 Å². The molecule has 0 radical (unpaired) electrons. The summed E-state index contributed by atoms with van der Waals surface area (Å²) in [6.07, 6.45) is 0.333. The molecule has 0 heterocycles. The lowest BCUT2D eigenvalue weighted by molar-refractivity contribution is -0.140. The molecular formula is C29H33Cl2N3O4S. The maximum Gasteiger partial charge on any atom is 0.264 e. The van der Waals surface area contributed by atoms with Crippen LogP contribution in [-0.4, -0.2) is 43.8 Å². The van der Waals surface area contributed by atoms with E-state index in [1.54, 1.807) is 12.1 Å². The van der Waals surface area contributed by atoms with E-state index in [9.17, 15) is 18.0 Å². The van der Waals surface area contributed by atoms with Crippen molar-refractivity contribution in [3.8, 4) is 0 Å². The molecule has 7 nitrogen and oxygen atoms in total. The van der Waals surface area contributed by atoms with Crippen molar-refractivity contribution in [2.75, 3.05) is 10.8 Å². The molecule has 0 aliphatic rings. The van der Waals surface area contributed by atoms with Gasteiger partial charge in [-0.05, 0) is 63.1 Å². The second-order valence-corrected chi connectivity index (χ2v) is 12.2. The molecule has 2 amide bonds. The molecule has 1 N–H and O–H groups in total. The molecule has 0 aromatic heterocycles. The number of carbonyl (C=O) groups is 2. The number of benzene rings is 3. The molecule has 0 aliphatic carbocycles. The Hall–Kier alpha value is -3.07. The maximum absolute atomic E-state index is 14.0. The molecule has 0 unspecified atom stereocenters. The molecular weight excluding hydrogens is 557 g/mol. The molecule has 3 rings (SSSR count). The van der Waals surface area contributed by atoms with E-state index in [0.717, 1.165) is 15.4 Å². The summed E-state index contributed by atoms with van der Waals surface area (Å²) in [5.74, 6) is -0.873. The third-order valence-corrected chi connectivity index (χ3v) is 8.41. The van der Waals surface area contributed by atoms with Gasteiger partial charge in [-0.3, -0.25) is 13.9 Å². The van der Waals surface area contributed by atoms with E-state index in [1.165, 1.54) is 35.2 Å². The number of sulfonamides is 1. The van der Waals surface area contributed by atoms with Crippen LogP contribution in [0.1, 0.15) is 38.3 Å². The number of aryl methyl sites for hydroxylation is 1. The average molecular weight is 591 g/mol. The highest BCUT2D eigenvalue weighted by atomic mass is 35.5. The fourth-order valence-electron chi connectivity index (χ4n) is 4.11. The Labute approximate surface area is 240 Å². The summed E-state index contributed by atoms with van der Waals surface area (Å²) in [4.78, 5) is 28.6. The zero-order chi connectivity index (χ0) is 28.7. The number of amides is 2. The summed E-state index contributed by atoms with van der Waals surface area (Å²) in [5, 5.41) is 3.25. The largest absolute Gasteiger partial charge is 0.352 e. The van der Waals surface area contributed by atoms with Crippen molar-refractivity contribution in [3.05, 3.63) is 94.0 Å². The first kappa shape index (κ1) is 30.5. The first-order chi connectivity index (χ1) is 18.4. The molecule has 3 aromatic rings. The number of halogens is 2. The zero-order valence-corrected chi connectivity index (χ0v) is 24.7. The molecule has 0 saturated carbocycles. The van der Waals surface area contributed by atoms with Gasteiger partial charge in [-0.1, -0.05) is 78.2 Å². The molecule has 39 heavy (non-hydrogen) atoms. The van der Waals surface area contributed by atoms with Crippen LogP contribution in [0.3, 0.4) is 0 Å². The minimum Gasteiger partial charge on any atom is -0.352 e. The van der Waals surface area contributed by atoms with E-state index < -0.39 is 28.5 Å². The first-order valence-electron chi connectivity index (χ1n) is 12.6. The predicted molar refractivity (Wildman–Crippen MR) is 157 cm³/mol. The van der Waals surface area contributed by atoms with Crippen molar-refractivity contribution in [2.24, 2.45) is 0 Å². The molecule has 0 saturated heterocycles. The Morgan fingerprint density at radius 1 is 0.949 bits per heavy atom. The molecule has 0 aliphatic heterocycles. The summed E-state index contributed by atoms with van der Waals surface area (Å²) in [5.41, 5.74) is 1.75. The zero-order valence-electron chi connectivity index (χ0n) is 22.4. The van der Waals surface area contributed by atoms with Gasteiger partial charge < -0.3 is 10.2 Å². The lowest BCUT2D eigenvalue weighted by Gasteiger charge is -2.33. The van der Waals surface area contributed by atoms with Crippen molar-refractivity contribution < 1.29 is 18.0 Å². The average Bonchev–Trinajstić information content (AvgIpc) is 2.89. The van der Waals surface area contributed by atoms with Crippen LogP contribution in [0.25, 0.3) is 0 Å². The number of hydrogen-bond donors (Lipinski definition) is 1. The van der Waals surface area contributed by atoms with Crippen LogP contribution in [0.15, 0.2) is 77.7 Å². The van der Waals surface area contributed by atoms with E-state index in [4.69, 9.17) is 23.2 Å². The normalized spacial score (nSPS) is 12.2. The highest BCUT2D eigenvalue weighted by Gasteiger charge is 2.34. The van der Waals surface area contributed by atoms with Gasteiger partial charge in [-0.2, -0.15) is 0 Å². The van der Waals surface area contributed by atoms with Gasteiger partial charge in [0.2, 0.25) is 11.8 Å². The van der Waals surface area contributed by atoms with Crippen LogP contribution in [0.2, 0.25) is 10.0 Å². The molecule has 0 spiro atoms. The summed E-state index contributed by atoms with van der Waals surface area (Å²) in [7, 11) is -4.24. The second-order valence-electron chi connectivity index (χ2n) is 9.52. The van der Waals surface area contributed by atoms with Crippen molar-refractivity contribution in [3.63, 3.8) is 0 Å². The van der Waals surface area contributed by atoms with Crippen LogP contribution < -0.4 is 9.62 Å². The highest BCUT2D eigenvalue weighted by molar-refractivity contribution is 7.92. The Morgan fingerprint density at radius 2 is 1.59 bits per heavy atom. The van der Waals surface area contributed by atoms with E-state index in [0.29, 0.717) is 6.42 Å². The topological polar surface area (TPSA) is 86.8 Å². The van der Waals surface area contributed by atoms with Crippen molar-refractivity contribution in [1.29, 1.82) is 0 Å². The van der Waals surface area contributed by atoms with Crippen LogP contribution in [0, 0.1) is 6.92 Å². The second kappa shape index (κ2) is 13.3. The van der Waals surface area contributed by atoms with Crippen LogP contribution in [0.4, 0.5) is 5.69 Å². The smallest absolute Gasteiger partial charge is 0.264 e. The van der Waals surface area contributed by atoms with Gasteiger partial charge in [0.05, 0.1) is 15.6 Å². The first-order valence-corrected chi connectivity index (χ1v) is 14.8. The molecule has 208 valence electrons. The number of nitrogens with one attached hydrogen (secondary N) is 1. The van der Waals surface area contributed by atoms with Gasteiger partial charge in [-0.25, -0.2) is 8.42 Å². The maximum atomic E-state index is 14.0. The third kappa shape index (κ3) is 7.75. The van der Waals surface area contributed by atoms with E-state index in [-0.39, 0.29) is 39.1 Å². The van der Waals surface area contributed by atoms with Gasteiger partial charge >= 0.3 is 0 Å². The quantitative estimate of drug-likeness (QED) is 0.305. The SMILES string of the molecule is CC[C@H](C(=O)NC(C)C)N(Cc1ccccc1)C(=O)CN(c1cc(Cl)ccc1Cl)S(=O)(=O)c1ccc(C)cc1. The van der Waals surface area contributed by atoms with Gasteiger partial charge in [0.15, 0.2) is 0 Å². The number of nitrogens with zero attached hydrogens (tertiary/aromatic N) is 2. The fraction of sp³-hybridized carbons (Fsp3) is 0.310. The van der Waals surface area contributed by atoms with Crippen molar-refractivity contribution >= 4 is 50.7 Å². The van der Waals surface area contributed by atoms with E-state index in [1.807, 2.05) is 58.0 Å². The number of carbonyl (C=O) groups excluding carboxylic acids is 2. The summed E-state index contributed by atoms with van der Waals surface area (Å²) >= 11 is 12.7. The van der Waals surface area contributed by atoms with Crippen LogP contribution in [0.5, 0.6) is 0 Å². The molecule has 3 aromatic carbocycles. The fourth-order valence-corrected chi connectivity index (χ4v) is 5.97. The Bertz CT molecular complexity index is 1400. The van der Waals surface area contributed by atoms with Gasteiger partial charge in [0.1, 0.15) is 12.6 Å². The highest BCUT2D eigenvalue weighted by Crippen LogP contribution is 2.33. The van der Waals surface area contributed by atoms with Crippen LogP contribution >= 0.6 is 23.2 Å². The van der Waals surface area contributed by atoms with E-state index >= 15 is 0 Å². The van der Waals surface area contributed by atoms with Crippen LogP contribution in [-0.2, 0) is 26.2 Å². The number of hydrogen-bond acceptors (Lipinski definition) is 4. The van der Waals surface area contributed by atoms with Crippen molar-refractivity contribution in [1.82, 2.24) is 10.2 Å². The van der Waals surface area contributed by atoms with Crippen molar-refractivity contribution in [2.45, 2.75) is 57.6 Å². The molecule has 1 atom stereocenters. The van der Waals surface area contributed by atoms with Gasteiger partial charge in [0.25, 0.3) is 10.0 Å². The predicted octanol–water partition coefficient (Wildman–Crippen LogP) is 5.83. The lowest BCUT2D eigenvalue weighted by Crippen LogP contribution is -2.53. The number of rotatable bonds is 11.